The third kappa shape index (κ3) is 5.55. The second-order valence-electron chi connectivity index (χ2n) is 6.35. The average Bonchev–Trinajstić information content (AvgIpc) is 2.64. The van der Waals surface area contributed by atoms with Crippen LogP contribution < -0.4 is 14.2 Å². The molecule has 0 bridgehead atoms. The van der Waals surface area contributed by atoms with E-state index in [1.165, 1.54) is 0 Å². The van der Waals surface area contributed by atoms with Gasteiger partial charge < -0.3 is 14.2 Å². The van der Waals surface area contributed by atoms with Gasteiger partial charge in [-0.15, -0.1) is 0 Å². The van der Waals surface area contributed by atoms with Gasteiger partial charge >= 0.3 is 0 Å². The van der Waals surface area contributed by atoms with Crippen molar-refractivity contribution < 1.29 is 14.2 Å². The topological polar surface area (TPSA) is 27.7 Å². The molecule has 2 aromatic carbocycles. The van der Waals surface area contributed by atoms with Gasteiger partial charge in [-0.05, 0) is 19.3 Å². The quantitative estimate of drug-likeness (QED) is 0.418. The highest BCUT2D eigenvalue weighted by molar-refractivity contribution is 5.95. The summed E-state index contributed by atoms with van der Waals surface area (Å²) < 4.78 is 18.2. The predicted octanol–water partition coefficient (Wildman–Crippen LogP) is 6.38. The van der Waals surface area contributed by atoms with Crippen LogP contribution in [0, 0.1) is 0 Å². The van der Waals surface area contributed by atoms with Gasteiger partial charge in [-0.3, -0.25) is 0 Å². The van der Waals surface area contributed by atoms with E-state index >= 15 is 0 Å². The van der Waals surface area contributed by atoms with Gasteiger partial charge in [0, 0.05) is 16.8 Å². The van der Waals surface area contributed by atoms with Gasteiger partial charge in [0.1, 0.15) is 5.75 Å². The van der Waals surface area contributed by atoms with Gasteiger partial charge in [-0.2, -0.15) is 0 Å². The molecule has 0 aliphatic carbocycles. The van der Waals surface area contributed by atoms with E-state index in [9.17, 15) is 0 Å². The summed E-state index contributed by atoms with van der Waals surface area (Å²) in [5.41, 5.74) is 0. The fraction of sp³-hybridized carbons (Fsp3) is 0.545. The lowest BCUT2D eigenvalue weighted by Crippen LogP contribution is -2.04. The van der Waals surface area contributed by atoms with Crippen molar-refractivity contribution in [2.24, 2.45) is 0 Å². The number of unbranched alkanes of at least 4 members (excludes halogenated alkanes) is 3. The Kier molecular flexibility index (Phi) is 8.44. The number of ether oxygens (including phenoxy) is 3. The van der Waals surface area contributed by atoms with Gasteiger partial charge in [0.2, 0.25) is 0 Å². The molecule has 3 heteroatoms. The maximum atomic E-state index is 6.12. The fourth-order valence-electron chi connectivity index (χ4n) is 2.64. The summed E-state index contributed by atoms with van der Waals surface area (Å²) in [5, 5.41) is 2.16. The van der Waals surface area contributed by atoms with Crippen LogP contribution in [0.5, 0.6) is 17.2 Å². The van der Waals surface area contributed by atoms with Crippen molar-refractivity contribution in [1.29, 1.82) is 0 Å². The SMILES string of the molecule is CCCCOc1cc(OCCCC)c2ccccc2c1OCCCC. The van der Waals surface area contributed by atoms with Crippen LogP contribution in [0.3, 0.4) is 0 Å². The summed E-state index contributed by atoms with van der Waals surface area (Å²) in [6, 6.07) is 10.3. The smallest absolute Gasteiger partial charge is 0.169 e. The van der Waals surface area contributed by atoms with Crippen molar-refractivity contribution in [2.75, 3.05) is 19.8 Å². The van der Waals surface area contributed by atoms with Crippen LogP contribution in [-0.2, 0) is 0 Å². The Labute approximate surface area is 152 Å². The molecule has 0 aliphatic heterocycles. The molecule has 2 rings (SSSR count). The lowest BCUT2D eigenvalue weighted by atomic mass is 10.1. The molecule has 0 fully saturated rings. The van der Waals surface area contributed by atoms with Crippen molar-refractivity contribution in [2.45, 2.75) is 59.3 Å². The van der Waals surface area contributed by atoms with Crippen molar-refractivity contribution in [3.05, 3.63) is 30.3 Å². The second kappa shape index (κ2) is 10.9. The van der Waals surface area contributed by atoms with E-state index in [4.69, 9.17) is 14.2 Å². The average molecular weight is 344 g/mol. The van der Waals surface area contributed by atoms with Gasteiger partial charge in [-0.25, -0.2) is 0 Å². The lowest BCUT2D eigenvalue weighted by Gasteiger charge is -2.18. The summed E-state index contributed by atoms with van der Waals surface area (Å²) in [6.07, 6.45) is 6.47. The maximum Gasteiger partial charge on any atom is 0.169 e. The molecule has 0 saturated heterocycles. The number of hydrogen-bond donors (Lipinski definition) is 0. The van der Waals surface area contributed by atoms with Crippen molar-refractivity contribution in [3.8, 4) is 17.2 Å². The van der Waals surface area contributed by atoms with Crippen molar-refractivity contribution >= 4 is 10.8 Å². The summed E-state index contributed by atoms with van der Waals surface area (Å²) in [5.74, 6) is 2.54. The largest absolute Gasteiger partial charge is 0.493 e. The molecule has 3 nitrogen and oxygen atoms in total. The highest BCUT2D eigenvalue weighted by Gasteiger charge is 2.15. The summed E-state index contributed by atoms with van der Waals surface area (Å²) in [7, 11) is 0. The van der Waals surface area contributed by atoms with Gasteiger partial charge in [0.25, 0.3) is 0 Å². The Hall–Kier alpha value is -1.90. The monoisotopic (exact) mass is 344 g/mol. The Morgan fingerprint density at radius 2 is 1.16 bits per heavy atom. The van der Waals surface area contributed by atoms with Crippen LogP contribution >= 0.6 is 0 Å². The zero-order valence-electron chi connectivity index (χ0n) is 16.0. The molecule has 0 unspecified atom stereocenters. The van der Waals surface area contributed by atoms with E-state index in [1.54, 1.807) is 0 Å². The van der Waals surface area contributed by atoms with Crippen LogP contribution in [0.2, 0.25) is 0 Å². The minimum absolute atomic E-state index is 0.702. The highest BCUT2D eigenvalue weighted by Crippen LogP contribution is 2.42. The molecule has 0 heterocycles. The third-order valence-corrected chi connectivity index (χ3v) is 4.18. The zero-order chi connectivity index (χ0) is 17.9. The lowest BCUT2D eigenvalue weighted by molar-refractivity contribution is 0.261. The number of benzene rings is 2. The van der Waals surface area contributed by atoms with Crippen LogP contribution in [0.15, 0.2) is 30.3 Å². The van der Waals surface area contributed by atoms with E-state index in [2.05, 4.69) is 32.9 Å². The van der Waals surface area contributed by atoms with E-state index in [0.717, 1.165) is 73.2 Å². The Bertz CT molecular complexity index is 636. The maximum absolute atomic E-state index is 6.12. The van der Waals surface area contributed by atoms with Crippen LogP contribution in [0.25, 0.3) is 10.8 Å². The van der Waals surface area contributed by atoms with Crippen LogP contribution in [-0.4, -0.2) is 19.8 Å². The first kappa shape index (κ1) is 19.4. The molecule has 0 spiro atoms. The molecule has 0 aromatic heterocycles. The second-order valence-corrected chi connectivity index (χ2v) is 6.35. The Balaban J connectivity index is 2.37. The fourth-order valence-corrected chi connectivity index (χ4v) is 2.64. The Morgan fingerprint density at radius 3 is 1.76 bits per heavy atom. The molecule has 0 amide bonds. The minimum atomic E-state index is 0.702. The highest BCUT2D eigenvalue weighted by atomic mass is 16.5. The van der Waals surface area contributed by atoms with Crippen LogP contribution in [0.1, 0.15) is 59.3 Å². The van der Waals surface area contributed by atoms with Crippen molar-refractivity contribution in [1.82, 2.24) is 0 Å². The molecule has 138 valence electrons. The standard InChI is InChI=1S/C22H32O3/c1-4-7-14-23-20-17-21(24-15-8-5-2)22(25-16-9-6-3)19-13-11-10-12-18(19)20/h10-13,17H,4-9,14-16H2,1-3H3. The molecule has 0 radical (unpaired) electrons. The molecule has 0 N–H and O–H groups in total. The van der Waals surface area contributed by atoms with Gasteiger partial charge in [0.15, 0.2) is 11.5 Å². The molecule has 0 saturated carbocycles. The first-order chi connectivity index (χ1) is 12.3. The molecule has 2 aromatic rings. The van der Waals surface area contributed by atoms with E-state index in [0.29, 0.717) is 13.2 Å². The predicted molar refractivity (Wildman–Crippen MR) is 105 cm³/mol. The van der Waals surface area contributed by atoms with Gasteiger partial charge in [-0.1, -0.05) is 64.3 Å². The van der Waals surface area contributed by atoms with Gasteiger partial charge in [0.05, 0.1) is 19.8 Å². The molecule has 25 heavy (non-hydrogen) atoms. The Morgan fingerprint density at radius 1 is 0.640 bits per heavy atom. The first-order valence-corrected chi connectivity index (χ1v) is 9.75. The van der Waals surface area contributed by atoms with Crippen molar-refractivity contribution in [3.63, 3.8) is 0 Å². The normalized spacial score (nSPS) is 10.8. The summed E-state index contributed by atoms with van der Waals surface area (Å²) in [6.45, 7) is 8.65. The summed E-state index contributed by atoms with van der Waals surface area (Å²) in [4.78, 5) is 0. The zero-order valence-corrected chi connectivity index (χ0v) is 16.0. The van der Waals surface area contributed by atoms with E-state index < -0.39 is 0 Å². The molecule has 0 atom stereocenters. The number of hydrogen-bond acceptors (Lipinski definition) is 3. The number of fused-ring (bicyclic) bond motifs is 1. The number of rotatable bonds is 12. The minimum Gasteiger partial charge on any atom is -0.493 e. The summed E-state index contributed by atoms with van der Waals surface area (Å²) >= 11 is 0. The van der Waals surface area contributed by atoms with Crippen LogP contribution in [0.4, 0.5) is 0 Å². The van der Waals surface area contributed by atoms with E-state index in [1.807, 2.05) is 18.2 Å². The third-order valence-electron chi connectivity index (χ3n) is 4.18. The molecule has 0 aliphatic rings. The first-order valence-electron chi connectivity index (χ1n) is 9.75. The molecular weight excluding hydrogens is 312 g/mol. The van der Waals surface area contributed by atoms with E-state index in [-0.39, 0.29) is 0 Å². The molecular formula is C22H32O3.